The van der Waals surface area contributed by atoms with Crippen LogP contribution >= 0.6 is 11.3 Å². The molecule has 122 valence electrons. The van der Waals surface area contributed by atoms with Gasteiger partial charge in [-0.1, -0.05) is 30.3 Å². The van der Waals surface area contributed by atoms with Crippen LogP contribution < -0.4 is 5.32 Å². The number of amides is 1. The minimum absolute atomic E-state index is 0.101. The van der Waals surface area contributed by atoms with E-state index < -0.39 is 12.0 Å². The standard InChI is InChI=1S/C18H21NO3S/c1-13-6-2-3-9-15(13)16(12-18(21)22)19-17(20)10-4-7-14-8-5-11-23-14/h2-3,5-6,8-9,11,16H,4,7,10,12H2,1H3,(H,19,20)(H,21,22). The summed E-state index contributed by atoms with van der Waals surface area (Å²) in [5, 5.41) is 14.0. The maximum Gasteiger partial charge on any atom is 0.305 e. The van der Waals surface area contributed by atoms with Crippen molar-refractivity contribution in [2.24, 2.45) is 0 Å². The molecule has 0 saturated carbocycles. The maximum atomic E-state index is 12.1. The molecule has 0 aliphatic heterocycles. The molecule has 0 aliphatic rings. The van der Waals surface area contributed by atoms with Gasteiger partial charge in [0.05, 0.1) is 12.5 Å². The van der Waals surface area contributed by atoms with Crippen LogP contribution in [0, 0.1) is 6.92 Å². The Labute approximate surface area is 140 Å². The number of benzene rings is 1. The van der Waals surface area contributed by atoms with Gasteiger partial charge in [-0.05, 0) is 42.3 Å². The summed E-state index contributed by atoms with van der Waals surface area (Å²) in [5.74, 6) is -1.02. The molecule has 0 aliphatic carbocycles. The van der Waals surface area contributed by atoms with Gasteiger partial charge in [-0.2, -0.15) is 0 Å². The normalized spacial score (nSPS) is 11.9. The van der Waals surface area contributed by atoms with Gasteiger partial charge in [-0.3, -0.25) is 9.59 Å². The van der Waals surface area contributed by atoms with Crippen molar-refractivity contribution in [1.29, 1.82) is 0 Å². The molecule has 2 aromatic rings. The molecule has 0 radical (unpaired) electrons. The number of carbonyl (C=O) groups is 2. The summed E-state index contributed by atoms with van der Waals surface area (Å²) in [6.07, 6.45) is 1.93. The highest BCUT2D eigenvalue weighted by Crippen LogP contribution is 2.21. The first kappa shape index (κ1) is 17.2. The number of aliphatic carboxylic acids is 1. The Hall–Kier alpha value is -2.14. The Morgan fingerprint density at radius 3 is 2.65 bits per heavy atom. The summed E-state index contributed by atoms with van der Waals surface area (Å²) < 4.78 is 0. The minimum atomic E-state index is -0.919. The summed E-state index contributed by atoms with van der Waals surface area (Å²) in [6.45, 7) is 1.92. The number of rotatable bonds is 8. The lowest BCUT2D eigenvalue weighted by atomic mass is 9.98. The molecule has 23 heavy (non-hydrogen) atoms. The Morgan fingerprint density at radius 1 is 1.22 bits per heavy atom. The van der Waals surface area contributed by atoms with Crippen molar-refractivity contribution in [3.63, 3.8) is 0 Å². The summed E-state index contributed by atoms with van der Waals surface area (Å²) in [5.41, 5.74) is 1.85. The predicted molar refractivity (Wildman–Crippen MR) is 91.6 cm³/mol. The second-order valence-electron chi connectivity index (χ2n) is 5.51. The van der Waals surface area contributed by atoms with Gasteiger partial charge in [0.25, 0.3) is 0 Å². The quantitative estimate of drug-likeness (QED) is 0.775. The largest absolute Gasteiger partial charge is 0.481 e. The lowest BCUT2D eigenvalue weighted by Crippen LogP contribution is -2.30. The molecule has 0 spiro atoms. The molecule has 0 saturated heterocycles. The zero-order chi connectivity index (χ0) is 16.7. The fraction of sp³-hybridized carbons (Fsp3) is 0.333. The van der Waals surface area contributed by atoms with E-state index in [1.54, 1.807) is 11.3 Å². The molecule has 2 N–H and O–H groups in total. The number of hydrogen-bond acceptors (Lipinski definition) is 3. The molecule has 0 fully saturated rings. The van der Waals surface area contributed by atoms with E-state index in [0.717, 1.165) is 24.0 Å². The maximum absolute atomic E-state index is 12.1. The van der Waals surface area contributed by atoms with Crippen molar-refractivity contribution >= 4 is 23.2 Å². The topological polar surface area (TPSA) is 66.4 Å². The molecule has 4 nitrogen and oxygen atoms in total. The second kappa shape index (κ2) is 8.48. The number of carbonyl (C=O) groups excluding carboxylic acids is 1. The summed E-state index contributed by atoms with van der Waals surface area (Å²) in [4.78, 5) is 24.5. The first-order chi connectivity index (χ1) is 11.1. The molecule has 1 atom stereocenters. The van der Waals surface area contributed by atoms with Crippen LogP contribution in [0.1, 0.15) is 41.3 Å². The number of nitrogens with one attached hydrogen (secondary N) is 1. The molecule has 1 aromatic heterocycles. The Balaban J connectivity index is 1.93. The average Bonchev–Trinajstić information content (AvgIpc) is 3.00. The van der Waals surface area contributed by atoms with E-state index in [1.807, 2.05) is 42.6 Å². The number of aryl methyl sites for hydroxylation is 2. The van der Waals surface area contributed by atoms with Crippen LogP contribution in [0.2, 0.25) is 0 Å². The number of hydrogen-bond donors (Lipinski definition) is 2. The average molecular weight is 331 g/mol. The Kier molecular flexibility index (Phi) is 6.35. The third kappa shape index (κ3) is 5.53. The highest BCUT2D eigenvalue weighted by molar-refractivity contribution is 7.09. The molecule has 5 heteroatoms. The van der Waals surface area contributed by atoms with Crippen LogP contribution in [0.15, 0.2) is 41.8 Å². The first-order valence-corrected chi connectivity index (χ1v) is 8.53. The lowest BCUT2D eigenvalue weighted by molar-refractivity contribution is -0.137. The van der Waals surface area contributed by atoms with E-state index in [4.69, 9.17) is 5.11 Å². The zero-order valence-electron chi connectivity index (χ0n) is 13.1. The van der Waals surface area contributed by atoms with E-state index in [9.17, 15) is 9.59 Å². The van der Waals surface area contributed by atoms with Crippen molar-refractivity contribution in [2.75, 3.05) is 0 Å². The predicted octanol–water partition coefficient (Wildman–Crippen LogP) is 3.71. The molecule has 1 heterocycles. The lowest BCUT2D eigenvalue weighted by Gasteiger charge is -2.19. The van der Waals surface area contributed by atoms with E-state index >= 15 is 0 Å². The van der Waals surface area contributed by atoms with Gasteiger partial charge in [0, 0.05) is 11.3 Å². The molecule has 1 aromatic carbocycles. The van der Waals surface area contributed by atoms with E-state index in [0.29, 0.717) is 6.42 Å². The fourth-order valence-electron chi connectivity index (χ4n) is 2.54. The SMILES string of the molecule is Cc1ccccc1C(CC(=O)O)NC(=O)CCCc1cccs1. The molecule has 1 unspecified atom stereocenters. The smallest absolute Gasteiger partial charge is 0.305 e. The van der Waals surface area contributed by atoms with Gasteiger partial charge in [0.1, 0.15) is 0 Å². The minimum Gasteiger partial charge on any atom is -0.481 e. The van der Waals surface area contributed by atoms with Crippen molar-refractivity contribution in [1.82, 2.24) is 5.32 Å². The van der Waals surface area contributed by atoms with Crippen LogP contribution in [-0.4, -0.2) is 17.0 Å². The van der Waals surface area contributed by atoms with E-state index in [1.165, 1.54) is 4.88 Å². The summed E-state index contributed by atoms with van der Waals surface area (Å²) in [6, 6.07) is 11.1. The van der Waals surface area contributed by atoms with Crippen molar-refractivity contribution < 1.29 is 14.7 Å². The summed E-state index contributed by atoms with van der Waals surface area (Å²) in [7, 11) is 0. The number of carboxylic acid groups (broad SMARTS) is 1. The third-order valence-electron chi connectivity index (χ3n) is 3.68. The van der Waals surface area contributed by atoms with Gasteiger partial charge in [0.15, 0.2) is 0 Å². The van der Waals surface area contributed by atoms with Crippen LogP contribution in [0.4, 0.5) is 0 Å². The molecule has 0 bridgehead atoms. The third-order valence-corrected chi connectivity index (χ3v) is 4.62. The van der Waals surface area contributed by atoms with Gasteiger partial charge >= 0.3 is 5.97 Å². The van der Waals surface area contributed by atoms with Crippen molar-refractivity contribution in [3.8, 4) is 0 Å². The van der Waals surface area contributed by atoms with Gasteiger partial charge in [0.2, 0.25) is 5.91 Å². The van der Waals surface area contributed by atoms with Crippen LogP contribution in [-0.2, 0) is 16.0 Å². The van der Waals surface area contributed by atoms with Crippen LogP contribution in [0.25, 0.3) is 0 Å². The molecule has 2 rings (SSSR count). The molecular weight excluding hydrogens is 310 g/mol. The molecular formula is C18H21NO3S. The van der Waals surface area contributed by atoms with E-state index in [-0.39, 0.29) is 12.3 Å². The van der Waals surface area contributed by atoms with E-state index in [2.05, 4.69) is 11.4 Å². The van der Waals surface area contributed by atoms with Crippen LogP contribution in [0.3, 0.4) is 0 Å². The molecule has 1 amide bonds. The fourth-order valence-corrected chi connectivity index (χ4v) is 3.29. The van der Waals surface area contributed by atoms with Crippen molar-refractivity contribution in [2.45, 2.75) is 38.6 Å². The second-order valence-corrected chi connectivity index (χ2v) is 6.54. The zero-order valence-corrected chi connectivity index (χ0v) is 13.9. The Bertz CT molecular complexity index is 652. The first-order valence-electron chi connectivity index (χ1n) is 7.65. The highest BCUT2D eigenvalue weighted by Gasteiger charge is 2.19. The van der Waals surface area contributed by atoms with Crippen LogP contribution in [0.5, 0.6) is 0 Å². The highest BCUT2D eigenvalue weighted by atomic mass is 32.1. The monoisotopic (exact) mass is 331 g/mol. The summed E-state index contributed by atoms with van der Waals surface area (Å²) >= 11 is 1.69. The number of carboxylic acids is 1. The number of thiophene rings is 1. The van der Waals surface area contributed by atoms with Crippen molar-refractivity contribution in [3.05, 3.63) is 57.8 Å². The van der Waals surface area contributed by atoms with Gasteiger partial charge in [-0.15, -0.1) is 11.3 Å². The van der Waals surface area contributed by atoms with Gasteiger partial charge < -0.3 is 10.4 Å². The Morgan fingerprint density at radius 2 is 2.00 bits per heavy atom. The van der Waals surface area contributed by atoms with Gasteiger partial charge in [-0.25, -0.2) is 0 Å².